The minimum absolute atomic E-state index is 0.849. The van der Waals surface area contributed by atoms with E-state index in [0.717, 1.165) is 103 Å². The highest BCUT2D eigenvalue weighted by atomic mass is 28.4. The third-order valence-corrected chi connectivity index (χ3v) is 14.8. The number of nitrogens with zero attached hydrogens (tertiary/aromatic N) is 6. The first-order valence-electron chi connectivity index (χ1n) is 17.2. The van der Waals surface area contributed by atoms with Gasteiger partial charge in [0.1, 0.15) is 0 Å². The van der Waals surface area contributed by atoms with Gasteiger partial charge < -0.3 is 51.5 Å². The summed E-state index contributed by atoms with van der Waals surface area (Å²) in [6.45, 7) is 15.5. The monoisotopic (exact) mass is 677 g/mol. The Labute approximate surface area is 280 Å². The summed E-state index contributed by atoms with van der Waals surface area (Å²) < 4.78 is 28.3. The topological polar surface area (TPSA) is 65.6 Å². The predicted molar refractivity (Wildman–Crippen MR) is 192 cm³/mol. The molecule has 1 heterocycles. The van der Waals surface area contributed by atoms with Gasteiger partial charge in [-0.3, -0.25) is 0 Å². The lowest BCUT2D eigenvalue weighted by Gasteiger charge is -2.33. The van der Waals surface area contributed by atoms with Crippen LogP contribution in [0, 0.1) is 0 Å². The molecule has 0 fully saturated rings. The van der Waals surface area contributed by atoms with Crippen molar-refractivity contribution in [2.75, 3.05) is 142 Å². The summed E-state index contributed by atoms with van der Waals surface area (Å²) >= 11 is 0. The molecule has 0 radical (unpaired) electrons. The normalized spacial score (nSPS) is 14.7. The van der Waals surface area contributed by atoms with Crippen molar-refractivity contribution in [3.63, 3.8) is 0 Å². The van der Waals surface area contributed by atoms with Crippen LogP contribution in [-0.4, -0.2) is 189 Å². The van der Waals surface area contributed by atoms with Crippen LogP contribution in [0.2, 0.25) is 18.6 Å². The average molecular weight is 677 g/mol. The Morgan fingerprint density at radius 2 is 0.889 bits per heavy atom. The highest BCUT2D eigenvalue weighted by Gasteiger charge is 2.37. The molecule has 0 aromatic heterocycles. The van der Waals surface area contributed by atoms with Gasteiger partial charge in [-0.1, -0.05) is 0 Å². The molecule has 268 valence electrons. The Balaban J connectivity index is 2.48. The highest BCUT2D eigenvalue weighted by Crippen LogP contribution is 2.17. The fourth-order valence-corrected chi connectivity index (χ4v) is 8.92. The zero-order chi connectivity index (χ0) is 33.6. The maximum Gasteiger partial charge on any atom is 0.500 e. The number of rotatable bonds is 29. The first-order valence-corrected chi connectivity index (χ1v) is 21.7. The minimum Gasteiger partial charge on any atom is -0.398 e. The molecule has 0 amide bonds. The number of hydrogen-bond acceptors (Lipinski definition) is 11. The molecule has 0 saturated heterocycles. The molecule has 0 bridgehead atoms. The molecule has 45 heavy (non-hydrogen) atoms. The third-order valence-electron chi connectivity index (χ3n) is 9.02. The Hall–Kier alpha value is -0.586. The van der Waals surface area contributed by atoms with Crippen LogP contribution in [0.25, 0.3) is 0 Å². The van der Waals surface area contributed by atoms with E-state index in [9.17, 15) is 0 Å². The third kappa shape index (κ3) is 19.1. The quantitative estimate of drug-likeness (QED) is 0.110. The van der Waals surface area contributed by atoms with Gasteiger partial charge >= 0.3 is 17.4 Å². The van der Waals surface area contributed by atoms with E-state index in [1.165, 1.54) is 25.7 Å². The molecule has 0 spiro atoms. The fourth-order valence-electron chi connectivity index (χ4n) is 5.84. The molecular weight excluding hydrogens is 605 g/mol. The molecule has 0 saturated carbocycles. The van der Waals surface area contributed by atoms with Crippen LogP contribution in [0.1, 0.15) is 38.5 Å². The first-order chi connectivity index (χ1) is 21.5. The Morgan fingerprint density at radius 1 is 0.511 bits per heavy atom. The summed E-state index contributed by atoms with van der Waals surface area (Å²) in [5, 5.41) is 0. The molecule has 1 rings (SSSR count). The molecule has 11 nitrogen and oxygen atoms in total. The van der Waals surface area contributed by atoms with Gasteiger partial charge in [-0.2, -0.15) is 0 Å². The average Bonchev–Trinajstić information content (AvgIpc) is 3.03. The summed E-state index contributed by atoms with van der Waals surface area (Å²) in [6.07, 6.45) is 11.5. The SMILES string of the molecule is CO[Si](C)(CCCN(CCCN(C)C)CCCN1C=CN(CCCN(CCCN(C)C)CCC[Si](OC)(OC)OC)CC1)OC. The van der Waals surface area contributed by atoms with Crippen molar-refractivity contribution in [2.24, 2.45) is 0 Å². The molecule has 1 aliphatic heterocycles. The molecule has 0 atom stereocenters. The minimum atomic E-state index is -2.51. The molecule has 1 aliphatic rings. The first kappa shape index (κ1) is 42.4. The van der Waals surface area contributed by atoms with Crippen LogP contribution in [0.3, 0.4) is 0 Å². The largest absolute Gasteiger partial charge is 0.500 e. The van der Waals surface area contributed by atoms with Crippen LogP contribution in [0.15, 0.2) is 12.4 Å². The van der Waals surface area contributed by atoms with Crippen LogP contribution < -0.4 is 0 Å². The maximum atomic E-state index is 5.71. The van der Waals surface area contributed by atoms with Crippen molar-refractivity contribution in [1.29, 1.82) is 0 Å². The molecular formula is C32H72N6O5Si2. The van der Waals surface area contributed by atoms with Crippen LogP contribution >= 0.6 is 0 Å². The lowest BCUT2D eigenvalue weighted by molar-refractivity contribution is 0.121. The Bertz CT molecular complexity index is 739. The molecule has 13 heteroatoms. The van der Waals surface area contributed by atoms with E-state index >= 15 is 0 Å². The van der Waals surface area contributed by atoms with E-state index in [1.807, 2.05) is 0 Å². The van der Waals surface area contributed by atoms with Gasteiger partial charge in [0.2, 0.25) is 0 Å². The van der Waals surface area contributed by atoms with Crippen molar-refractivity contribution in [1.82, 2.24) is 29.4 Å². The molecule has 0 aromatic carbocycles. The molecule has 0 aliphatic carbocycles. The lowest BCUT2D eigenvalue weighted by Crippen LogP contribution is -2.43. The van der Waals surface area contributed by atoms with Gasteiger partial charge in [-0.25, -0.2) is 0 Å². The second kappa shape index (κ2) is 24.5. The summed E-state index contributed by atoms with van der Waals surface area (Å²) in [4.78, 5) is 14.8. The van der Waals surface area contributed by atoms with E-state index in [-0.39, 0.29) is 0 Å². The smallest absolute Gasteiger partial charge is 0.398 e. The summed E-state index contributed by atoms with van der Waals surface area (Å²) in [5.74, 6) is 0. The van der Waals surface area contributed by atoms with Crippen molar-refractivity contribution >= 4 is 17.4 Å². The standard InChI is InChI=1S/C32H72N6O5Si2/c1-33(2)17-11-19-35(25-15-31-44(10,39-5)40-6)21-13-23-37-27-29-38(30-28-37)24-14-22-36(20-12-18-34(3)4)26-16-32-45(41-7,42-8)43-9/h27,29H,11-26,28,30-32H2,1-10H3. The van der Waals surface area contributed by atoms with Crippen LogP contribution in [0.5, 0.6) is 0 Å². The van der Waals surface area contributed by atoms with Crippen molar-refractivity contribution < 1.29 is 22.1 Å². The van der Waals surface area contributed by atoms with Crippen molar-refractivity contribution in [3.8, 4) is 0 Å². The summed E-state index contributed by atoms with van der Waals surface area (Å²) in [6, 6.07) is 1.89. The molecule has 0 N–H and O–H groups in total. The fraction of sp³-hybridized carbons (Fsp3) is 0.938. The zero-order valence-corrected chi connectivity index (χ0v) is 33.0. The Morgan fingerprint density at radius 3 is 1.24 bits per heavy atom. The second-order valence-electron chi connectivity index (χ2n) is 13.1. The van der Waals surface area contributed by atoms with Gasteiger partial charge in [0.25, 0.3) is 0 Å². The number of hydrogen-bond donors (Lipinski definition) is 0. The highest BCUT2D eigenvalue weighted by molar-refractivity contribution is 6.65. The van der Waals surface area contributed by atoms with Crippen molar-refractivity contribution in [2.45, 2.75) is 57.2 Å². The molecule has 0 unspecified atom stereocenters. The van der Waals surface area contributed by atoms with Gasteiger partial charge in [-0.05, 0) is 132 Å². The van der Waals surface area contributed by atoms with Gasteiger partial charge in [0.15, 0.2) is 0 Å². The van der Waals surface area contributed by atoms with E-state index in [4.69, 9.17) is 22.1 Å². The predicted octanol–water partition coefficient (Wildman–Crippen LogP) is 3.39. The summed E-state index contributed by atoms with van der Waals surface area (Å²) in [5.41, 5.74) is 0. The maximum absolute atomic E-state index is 5.71. The van der Waals surface area contributed by atoms with E-state index in [2.05, 4.69) is 76.5 Å². The van der Waals surface area contributed by atoms with E-state index < -0.39 is 17.4 Å². The van der Waals surface area contributed by atoms with Gasteiger partial charge in [0, 0.05) is 80.2 Å². The van der Waals surface area contributed by atoms with Gasteiger partial charge in [-0.15, -0.1) is 0 Å². The Kier molecular flexibility index (Phi) is 23.1. The van der Waals surface area contributed by atoms with Crippen molar-refractivity contribution in [3.05, 3.63) is 12.4 Å². The second-order valence-corrected chi connectivity index (χ2v) is 19.8. The van der Waals surface area contributed by atoms with Crippen LogP contribution in [0.4, 0.5) is 0 Å². The zero-order valence-electron chi connectivity index (χ0n) is 31.0. The lowest BCUT2D eigenvalue weighted by atomic mass is 10.2. The van der Waals surface area contributed by atoms with Crippen LogP contribution in [-0.2, 0) is 22.1 Å². The van der Waals surface area contributed by atoms with E-state index in [1.54, 1.807) is 35.5 Å². The van der Waals surface area contributed by atoms with Gasteiger partial charge in [0.05, 0.1) is 0 Å². The molecule has 0 aromatic rings. The summed E-state index contributed by atoms with van der Waals surface area (Å²) in [7, 11) is 12.8. The van der Waals surface area contributed by atoms with E-state index in [0.29, 0.717) is 0 Å².